The zero-order valence-corrected chi connectivity index (χ0v) is 17.5. The molecular weight excluding hydrogens is 441 g/mol. The lowest BCUT2D eigenvalue weighted by Gasteiger charge is -2.31. The number of carbonyl (C=O) groups excluding carboxylic acids is 1. The summed E-state index contributed by atoms with van der Waals surface area (Å²) in [5.41, 5.74) is 2.62. The first-order valence-electron chi connectivity index (χ1n) is 10.3. The molecule has 1 amide bonds. The average Bonchev–Trinajstić information content (AvgIpc) is 2.84. The number of fused-ring (bicyclic) bond motifs is 3. The summed E-state index contributed by atoms with van der Waals surface area (Å²) in [5.74, 6) is -0.678. The van der Waals surface area contributed by atoms with Crippen LogP contribution in [-0.4, -0.2) is 16.6 Å². The number of hydrogen-bond acceptors (Lipinski definition) is 4. The van der Waals surface area contributed by atoms with Gasteiger partial charge in [0.1, 0.15) is 5.71 Å². The van der Waals surface area contributed by atoms with E-state index in [1.165, 1.54) is 17.0 Å². The summed E-state index contributed by atoms with van der Waals surface area (Å²) < 4.78 is 40.1. The number of aromatic nitrogens is 1. The highest BCUT2D eigenvalue weighted by Gasteiger charge is 2.35. The Morgan fingerprint density at radius 1 is 1.00 bits per heavy atom. The van der Waals surface area contributed by atoms with Gasteiger partial charge in [-0.1, -0.05) is 24.3 Å². The van der Waals surface area contributed by atoms with E-state index in [0.717, 1.165) is 23.3 Å². The molecule has 0 saturated heterocycles. The first-order valence-corrected chi connectivity index (χ1v) is 10.3. The Hall–Kier alpha value is -4.51. The molecule has 2 heterocycles. The summed E-state index contributed by atoms with van der Waals surface area (Å²) in [6.45, 7) is 0. The molecular formula is C26H15F3N4O. The number of benzene rings is 3. The van der Waals surface area contributed by atoms with E-state index in [0.29, 0.717) is 27.7 Å². The molecule has 0 bridgehead atoms. The molecule has 34 heavy (non-hydrogen) atoms. The number of hydrogen-bond donors (Lipinski definition) is 1. The van der Waals surface area contributed by atoms with Crippen LogP contribution in [0.1, 0.15) is 16.7 Å². The molecule has 0 atom stereocenters. The van der Waals surface area contributed by atoms with Gasteiger partial charge in [0.05, 0.1) is 28.4 Å². The molecule has 1 aliphatic heterocycles. The highest BCUT2D eigenvalue weighted by atomic mass is 19.4. The van der Waals surface area contributed by atoms with Crippen LogP contribution in [0.5, 0.6) is 0 Å². The number of nitrogens with zero attached hydrogens (tertiary/aromatic N) is 3. The van der Waals surface area contributed by atoms with Crippen LogP contribution >= 0.6 is 0 Å². The van der Waals surface area contributed by atoms with Crippen LogP contribution in [0.3, 0.4) is 0 Å². The third kappa shape index (κ3) is 3.57. The Morgan fingerprint density at radius 2 is 1.74 bits per heavy atom. The minimum absolute atomic E-state index is 0.0294. The van der Waals surface area contributed by atoms with E-state index in [-0.39, 0.29) is 17.8 Å². The lowest BCUT2D eigenvalue weighted by atomic mass is 9.95. The predicted octanol–water partition coefficient (Wildman–Crippen LogP) is 6.03. The zero-order chi connectivity index (χ0) is 24.0. The maximum Gasteiger partial charge on any atom is 0.416 e. The van der Waals surface area contributed by atoms with Crippen LogP contribution in [0, 0.1) is 16.7 Å². The topological polar surface area (TPSA) is 80.8 Å². The number of carbonyl (C=O) groups is 1. The minimum atomic E-state index is -4.58. The molecule has 0 unspecified atom stereocenters. The lowest BCUT2D eigenvalue weighted by molar-refractivity contribution is -0.137. The molecule has 3 aromatic carbocycles. The van der Waals surface area contributed by atoms with Crippen molar-refractivity contribution < 1.29 is 18.0 Å². The van der Waals surface area contributed by atoms with Crippen LogP contribution in [0.2, 0.25) is 0 Å². The van der Waals surface area contributed by atoms with E-state index in [9.17, 15) is 18.0 Å². The minimum Gasteiger partial charge on any atom is -0.299 e. The molecule has 0 aliphatic carbocycles. The third-order valence-electron chi connectivity index (χ3n) is 5.75. The van der Waals surface area contributed by atoms with Crippen molar-refractivity contribution in [2.75, 3.05) is 4.90 Å². The number of amides is 1. The van der Waals surface area contributed by atoms with Crippen molar-refractivity contribution in [3.63, 3.8) is 0 Å². The van der Waals surface area contributed by atoms with Crippen LogP contribution < -0.4 is 4.90 Å². The molecule has 1 N–H and O–H groups in total. The number of nitriles is 1. The van der Waals surface area contributed by atoms with Gasteiger partial charge in [0, 0.05) is 29.3 Å². The fourth-order valence-electron chi connectivity index (χ4n) is 4.10. The van der Waals surface area contributed by atoms with Crippen molar-refractivity contribution in [3.8, 4) is 17.2 Å². The highest BCUT2D eigenvalue weighted by Crippen LogP contribution is 2.41. The van der Waals surface area contributed by atoms with Gasteiger partial charge in [0.15, 0.2) is 0 Å². The van der Waals surface area contributed by atoms with E-state index in [1.807, 2.05) is 12.1 Å². The van der Waals surface area contributed by atoms with E-state index >= 15 is 0 Å². The van der Waals surface area contributed by atoms with E-state index in [1.54, 1.807) is 36.5 Å². The standard InChI is InChI=1S/C26H15F3N4O/c27-26(28,29)19-2-1-3-20(12-19)33-24-18(11-22(31)25(33)34)14-32-23-9-8-17(10-21(23)24)16-6-4-15(13-30)5-7-16/h1-10,12,14,31H,11H2. The predicted molar refractivity (Wildman–Crippen MR) is 122 cm³/mol. The number of pyridine rings is 1. The number of anilines is 2. The normalized spacial score (nSPS) is 13.6. The summed E-state index contributed by atoms with van der Waals surface area (Å²) in [7, 11) is 0. The number of halogens is 3. The van der Waals surface area contributed by atoms with Gasteiger partial charge < -0.3 is 0 Å². The van der Waals surface area contributed by atoms with Crippen LogP contribution in [0.25, 0.3) is 22.0 Å². The Morgan fingerprint density at radius 3 is 2.44 bits per heavy atom. The second-order valence-electron chi connectivity index (χ2n) is 7.90. The van der Waals surface area contributed by atoms with Crippen LogP contribution in [0.15, 0.2) is 72.9 Å². The van der Waals surface area contributed by atoms with Crippen molar-refractivity contribution in [2.45, 2.75) is 12.6 Å². The Kier molecular flexibility index (Phi) is 4.91. The van der Waals surface area contributed by atoms with Crippen molar-refractivity contribution >= 4 is 33.9 Å². The Bertz CT molecular complexity index is 1520. The van der Waals surface area contributed by atoms with Gasteiger partial charge in [-0.3, -0.25) is 20.1 Å². The van der Waals surface area contributed by atoms with Gasteiger partial charge in [-0.2, -0.15) is 18.4 Å². The molecule has 166 valence electrons. The van der Waals surface area contributed by atoms with Crippen molar-refractivity contribution in [2.24, 2.45) is 0 Å². The molecule has 1 aliphatic rings. The highest BCUT2D eigenvalue weighted by molar-refractivity contribution is 6.46. The number of rotatable bonds is 2. The molecule has 0 spiro atoms. The molecule has 5 rings (SSSR count). The van der Waals surface area contributed by atoms with Crippen LogP contribution in [-0.2, 0) is 17.4 Å². The first-order chi connectivity index (χ1) is 16.3. The monoisotopic (exact) mass is 456 g/mol. The van der Waals surface area contributed by atoms with E-state index in [2.05, 4.69) is 11.1 Å². The molecule has 4 aromatic rings. The molecule has 0 radical (unpaired) electrons. The largest absolute Gasteiger partial charge is 0.416 e. The quantitative estimate of drug-likeness (QED) is 0.400. The van der Waals surface area contributed by atoms with E-state index in [4.69, 9.17) is 10.7 Å². The van der Waals surface area contributed by atoms with Crippen molar-refractivity contribution in [1.29, 1.82) is 10.7 Å². The first kappa shape index (κ1) is 21.3. The maximum atomic E-state index is 13.4. The van der Waals surface area contributed by atoms with E-state index < -0.39 is 17.6 Å². The van der Waals surface area contributed by atoms with Gasteiger partial charge in [-0.15, -0.1) is 0 Å². The Balaban J connectivity index is 1.73. The van der Waals surface area contributed by atoms with Gasteiger partial charge in [0.2, 0.25) is 0 Å². The molecule has 1 aromatic heterocycles. The third-order valence-corrected chi connectivity index (χ3v) is 5.75. The maximum absolute atomic E-state index is 13.4. The fourth-order valence-corrected chi connectivity index (χ4v) is 4.10. The van der Waals surface area contributed by atoms with Crippen LogP contribution in [0.4, 0.5) is 24.5 Å². The number of alkyl halides is 3. The van der Waals surface area contributed by atoms with Gasteiger partial charge in [0.25, 0.3) is 5.91 Å². The second kappa shape index (κ2) is 7.81. The zero-order valence-electron chi connectivity index (χ0n) is 17.5. The van der Waals surface area contributed by atoms with Gasteiger partial charge in [-0.25, -0.2) is 0 Å². The molecule has 8 heteroatoms. The smallest absolute Gasteiger partial charge is 0.299 e. The SMILES string of the molecule is N#Cc1ccc(-c2ccc3ncc4c(c3c2)N(c2cccc(C(F)(F)F)c2)C(=O)C(=N)C4)cc1. The van der Waals surface area contributed by atoms with Gasteiger partial charge >= 0.3 is 6.18 Å². The average molecular weight is 456 g/mol. The summed E-state index contributed by atoms with van der Waals surface area (Å²) in [4.78, 5) is 18.7. The fraction of sp³-hybridized carbons (Fsp3) is 0.0769. The molecule has 5 nitrogen and oxygen atoms in total. The summed E-state index contributed by atoms with van der Waals surface area (Å²) in [6, 6.07) is 19.0. The van der Waals surface area contributed by atoms with Crippen molar-refractivity contribution in [3.05, 3.63) is 89.6 Å². The number of nitrogens with one attached hydrogen (secondary N) is 1. The van der Waals surface area contributed by atoms with Gasteiger partial charge in [-0.05, 0) is 53.6 Å². The summed E-state index contributed by atoms with van der Waals surface area (Å²) in [5, 5.41) is 17.8. The van der Waals surface area contributed by atoms with Crippen molar-refractivity contribution in [1.82, 2.24) is 4.98 Å². The second-order valence-corrected chi connectivity index (χ2v) is 7.90. The molecule has 0 fully saturated rings. The summed E-state index contributed by atoms with van der Waals surface area (Å²) >= 11 is 0. The molecule has 0 saturated carbocycles. The summed E-state index contributed by atoms with van der Waals surface area (Å²) in [6.07, 6.45) is -2.98. The lowest BCUT2D eigenvalue weighted by Crippen LogP contribution is -2.38. The Labute approximate surface area is 192 Å².